The maximum absolute atomic E-state index is 7.39. The minimum atomic E-state index is 0.118. The monoisotopic (exact) mass is 281 g/mol. The van der Waals surface area contributed by atoms with E-state index in [9.17, 15) is 0 Å². The van der Waals surface area contributed by atoms with E-state index < -0.39 is 0 Å². The minimum Gasteiger partial charge on any atom is -0.384 e. The topological polar surface area (TPSA) is 53.1 Å². The van der Waals surface area contributed by atoms with Gasteiger partial charge in [0, 0.05) is 24.8 Å². The van der Waals surface area contributed by atoms with Gasteiger partial charge in [0.1, 0.15) is 5.84 Å². The van der Waals surface area contributed by atoms with Crippen LogP contribution in [0, 0.1) is 5.41 Å². The largest absolute Gasteiger partial charge is 0.384 e. The van der Waals surface area contributed by atoms with Gasteiger partial charge in [0.05, 0.1) is 0 Å². The van der Waals surface area contributed by atoms with Gasteiger partial charge in [0.25, 0.3) is 0 Å². The van der Waals surface area contributed by atoms with Gasteiger partial charge in [-0.1, -0.05) is 30.3 Å². The van der Waals surface area contributed by atoms with E-state index in [4.69, 9.17) is 11.1 Å². The number of hydrogen-bond acceptors (Lipinski definition) is 2. The van der Waals surface area contributed by atoms with Gasteiger partial charge < -0.3 is 10.6 Å². The highest BCUT2D eigenvalue weighted by atomic mass is 15.1. The smallest absolute Gasteiger partial charge is 0.122 e. The molecule has 3 nitrogen and oxygen atoms in total. The standard InChI is InChI=1S/C18H23N3/c1-21(17-12-10-16(11-13-17)18(19)20)14-6-5-9-15-7-3-2-4-8-15/h2-4,7-8,10-13H,5-6,9,14H2,1H3,(H3,19,20). The number of anilines is 1. The number of nitrogens with zero attached hydrogens (tertiary/aromatic N) is 1. The lowest BCUT2D eigenvalue weighted by atomic mass is 10.1. The summed E-state index contributed by atoms with van der Waals surface area (Å²) in [5, 5.41) is 7.39. The molecule has 2 rings (SSSR count). The Morgan fingerprint density at radius 2 is 1.67 bits per heavy atom. The second kappa shape index (κ2) is 7.48. The highest BCUT2D eigenvalue weighted by Crippen LogP contribution is 2.14. The van der Waals surface area contributed by atoms with Crippen LogP contribution in [0.2, 0.25) is 0 Å². The molecule has 0 amide bonds. The van der Waals surface area contributed by atoms with Gasteiger partial charge in [-0.2, -0.15) is 0 Å². The summed E-state index contributed by atoms with van der Waals surface area (Å²) in [5.74, 6) is 0.118. The molecule has 0 atom stereocenters. The van der Waals surface area contributed by atoms with Crippen LogP contribution >= 0.6 is 0 Å². The minimum absolute atomic E-state index is 0.118. The molecule has 0 aliphatic carbocycles. The van der Waals surface area contributed by atoms with Crippen molar-refractivity contribution in [2.45, 2.75) is 19.3 Å². The van der Waals surface area contributed by atoms with E-state index in [1.165, 1.54) is 24.1 Å². The van der Waals surface area contributed by atoms with Gasteiger partial charge in [0.15, 0.2) is 0 Å². The molecule has 0 unspecified atom stereocenters. The third kappa shape index (κ3) is 4.63. The molecule has 110 valence electrons. The van der Waals surface area contributed by atoms with Gasteiger partial charge >= 0.3 is 0 Å². The summed E-state index contributed by atoms with van der Waals surface area (Å²) in [5.41, 5.74) is 8.81. The fraction of sp³-hybridized carbons (Fsp3) is 0.278. The van der Waals surface area contributed by atoms with Crippen molar-refractivity contribution in [2.75, 3.05) is 18.5 Å². The molecule has 0 saturated carbocycles. The van der Waals surface area contributed by atoms with Crippen LogP contribution in [0.1, 0.15) is 24.0 Å². The first kappa shape index (κ1) is 15.1. The van der Waals surface area contributed by atoms with Crippen molar-refractivity contribution in [1.29, 1.82) is 5.41 Å². The lowest BCUT2D eigenvalue weighted by Crippen LogP contribution is -2.19. The van der Waals surface area contributed by atoms with Crippen molar-refractivity contribution in [3.8, 4) is 0 Å². The third-order valence-corrected chi connectivity index (χ3v) is 3.67. The molecule has 0 aromatic heterocycles. The number of benzene rings is 2. The Morgan fingerprint density at radius 3 is 2.29 bits per heavy atom. The summed E-state index contributed by atoms with van der Waals surface area (Å²) in [6.07, 6.45) is 3.50. The summed E-state index contributed by atoms with van der Waals surface area (Å²) in [6.45, 7) is 1.03. The van der Waals surface area contributed by atoms with Crippen LogP contribution in [0.3, 0.4) is 0 Å². The Bertz CT molecular complexity index is 561. The van der Waals surface area contributed by atoms with E-state index in [0.29, 0.717) is 0 Å². The van der Waals surface area contributed by atoms with Crippen molar-refractivity contribution in [3.05, 3.63) is 65.7 Å². The number of nitrogens with one attached hydrogen (secondary N) is 1. The Kier molecular flexibility index (Phi) is 5.38. The van der Waals surface area contributed by atoms with Crippen molar-refractivity contribution in [1.82, 2.24) is 0 Å². The SMILES string of the molecule is CN(CCCCc1ccccc1)c1ccc(C(=N)N)cc1. The fourth-order valence-electron chi connectivity index (χ4n) is 2.35. The number of rotatable bonds is 7. The van der Waals surface area contributed by atoms with Gasteiger partial charge in [-0.15, -0.1) is 0 Å². The molecule has 2 aromatic carbocycles. The second-order valence-corrected chi connectivity index (χ2v) is 5.32. The Balaban J connectivity index is 1.76. The molecule has 2 aromatic rings. The average molecular weight is 281 g/mol. The zero-order chi connectivity index (χ0) is 15.1. The molecule has 0 aliphatic rings. The molecule has 21 heavy (non-hydrogen) atoms. The predicted octanol–water partition coefficient (Wildman–Crippen LogP) is 3.43. The molecule has 0 aliphatic heterocycles. The second-order valence-electron chi connectivity index (χ2n) is 5.32. The molecule has 0 heterocycles. The van der Waals surface area contributed by atoms with Crippen LogP contribution in [0.15, 0.2) is 54.6 Å². The lowest BCUT2D eigenvalue weighted by molar-refractivity contribution is 0.719. The van der Waals surface area contributed by atoms with Gasteiger partial charge in [-0.3, -0.25) is 5.41 Å². The Labute approximate surface area is 126 Å². The van der Waals surface area contributed by atoms with E-state index in [2.05, 4.69) is 42.3 Å². The first-order valence-electron chi connectivity index (χ1n) is 7.36. The lowest BCUT2D eigenvalue weighted by Gasteiger charge is -2.19. The Morgan fingerprint density at radius 1 is 1.00 bits per heavy atom. The highest BCUT2D eigenvalue weighted by molar-refractivity contribution is 5.95. The molecular weight excluding hydrogens is 258 g/mol. The van der Waals surface area contributed by atoms with E-state index in [1.807, 2.05) is 24.3 Å². The van der Waals surface area contributed by atoms with Crippen molar-refractivity contribution < 1.29 is 0 Å². The summed E-state index contributed by atoms with van der Waals surface area (Å²) in [6, 6.07) is 18.5. The fourth-order valence-corrected chi connectivity index (χ4v) is 2.35. The van der Waals surface area contributed by atoms with Crippen molar-refractivity contribution >= 4 is 11.5 Å². The van der Waals surface area contributed by atoms with Crippen LogP contribution in [-0.4, -0.2) is 19.4 Å². The maximum Gasteiger partial charge on any atom is 0.122 e. The molecule has 0 saturated heterocycles. The van der Waals surface area contributed by atoms with Crippen LogP contribution in [0.4, 0.5) is 5.69 Å². The number of unbranched alkanes of at least 4 members (excludes halogenated alkanes) is 1. The number of nitrogens with two attached hydrogens (primary N) is 1. The average Bonchev–Trinajstić information content (AvgIpc) is 2.52. The molecule has 3 heteroatoms. The molecule has 0 spiro atoms. The predicted molar refractivity (Wildman–Crippen MR) is 90.1 cm³/mol. The van der Waals surface area contributed by atoms with Gasteiger partial charge in [0.2, 0.25) is 0 Å². The summed E-state index contributed by atoms with van der Waals surface area (Å²) in [4.78, 5) is 2.24. The van der Waals surface area contributed by atoms with E-state index >= 15 is 0 Å². The summed E-state index contributed by atoms with van der Waals surface area (Å²) < 4.78 is 0. The highest BCUT2D eigenvalue weighted by Gasteiger charge is 2.02. The molecular formula is C18H23N3. The van der Waals surface area contributed by atoms with Crippen LogP contribution < -0.4 is 10.6 Å². The van der Waals surface area contributed by atoms with Gasteiger partial charge in [-0.05, 0) is 49.1 Å². The zero-order valence-corrected chi connectivity index (χ0v) is 12.5. The first-order valence-corrected chi connectivity index (χ1v) is 7.36. The number of amidine groups is 1. The normalized spacial score (nSPS) is 10.3. The van der Waals surface area contributed by atoms with Crippen LogP contribution in [-0.2, 0) is 6.42 Å². The number of aryl methyl sites for hydroxylation is 1. The molecule has 3 N–H and O–H groups in total. The zero-order valence-electron chi connectivity index (χ0n) is 12.5. The van der Waals surface area contributed by atoms with Crippen molar-refractivity contribution in [2.24, 2.45) is 5.73 Å². The van der Waals surface area contributed by atoms with Crippen LogP contribution in [0.5, 0.6) is 0 Å². The number of nitrogen functional groups attached to an aromatic ring is 1. The maximum atomic E-state index is 7.39. The van der Waals surface area contributed by atoms with E-state index in [-0.39, 0.29) is 5.84 Å². The third-order valence-electron chi connectivity index (χ3n) is 3.67. The van der Waals surface area contributed by atoms with E-state index in [0.717, 1.165) is 18.5 Å². The molecule has 0 radical (unpaired) electrons. The van der Waals surface area contributed by atoms with E-state index in [1.54, 1.807) is 0 Å². The summed E-state index contributed by atoms with van der Waals surface area (Å²) in [7, 11) is 2.10. The van der Waals surface area contributed by atoms with Gasteiger partial charge in [-0.25, -0.2) is 0 Å². The number of hydrogen-bond donors (Lipinski definition) is 2. The summed E-state index contributed by atoms with van der Waals surface area (Å²) >= 11 is 0. The van der Waals surface area contributed by atoms with Crippen LogP contribution in [0.25, 0.3) is 0 Å². The first-order chi connectivity index (χ1) is 10.2. The Hall–Kier alpha value is -2.29. The molecule has 0 bridgehead atoms. The van der Waals surface area contributed by atoms with Crippen molar-refractivity contribution in [3.63, 3.8) is 0 Å². The quantitative estimate of drug-likeness (QED) is 0.464. The molecule has 0 fully saturated rings.